The van der Waals surface area contributed by atoms with Crippen molar-refractivity contribution in [3.05, 3.63) is 53.7 Å². The second kappa shape index (κ2) is 10.9. The van der Waals surface area contributed by atoms with E-state index in [1.807, 2.05) is 30.3 Å². The molecule has 2 N–H and O–H groups in total. The SMILES string of the molecule is O=C(NCC1CC1)c1coc(CN2CCN(CC(O)COCc3ccccc3)CC2)n1. The molecule has 8 nitrogen and oxygen atoms in total. The van der Waals surface area contributed by atoms with Gasteiger partial charge < -0.3 is 19.6 Å². The average molecular weight is 429 g/mol. The van der Waals surface area contributed by atoms with Crippen LogP contribution >= 0.6 is 0 Å². The Hall–Kier alpha value is -2.26. The van der Waals surface area contributed by atoms with Crippen molar-refractivity contribution >= 4 is 5.91 Å². The molecule has 1 atom stereocenters. The molecule has 1 aromatic heterocycles. The molecule has 8 heteroatoms. The molecular weight excluding hydrogens is 396 g/mol. The summed E-state index contributed by atoms with van der Waals surface area (Å²) < 4.78 is 11.1. The molecule has 2 aromatic rings. The molecule has 1 amide bonds. The van der Waals surface area contributed by atoms with Crippen LogP contribution in [0.25, 0.3) is 0 Å². The average Bonchev–Trinajstić information content (AvgIpc) is 3.50. The van der Waals surface area contributed by atoms with E-state index in [0.717, 1.165) is 38.3 Å². The molecule has 1 aromatic carbocycles. The predicted molar refractivity (Wildman–Crippen MR) is 115 cm³/mol. The number of carbonyl (C=O) groups is 1. The minimum Gasteiger partial charge on any atom is -0.447 e. The fourth-order valence-corrected chi connectivity index (χ4v) is 3.70. The zero-order valence-electron chi connectivity index (χ0n) is 17.9. The third-order valence-electron chi connectivity index (χ3n) is 5.75. The van der Waals surface area contributed by atoms with Gasteiger partial charge in [0, 0.05) is 39.3 Å². The quantitative estimate of drug-likeness (QED) is 0.561. The van der Waals surface area contributed by atoms with E-state index >= 15 is 0 Å². The molecule has 4 rings (SSSR count). The maximum atomic E-state index is 12.1. The van der Waals surface area contributed by atoms with Crippen LogP contribution in [0.1, 0.15) is 34.8 Å². The Morgan fingerprint density at radius 1 is 1.19 bits per heavy atom. The van der Waals surface area contributed by atoms with Crippen LogP contribution < -0.4 is 5.32 Å². The lowest BCUT2D eigenvalue weighted by atomic mass is 10.2. The second-order valence-electron chi connectivity index (χ2n) is 8.51. The molecule has 1 saturated carbocycles. The smallest absolute Gasteiger partial charge is 0.273 e. The molecule has 168 valence electrons. The Kier molecular flexibility index (Phi) is 7.69. The first kappa shape index (κ1) is 22.0. The van der Waals surface area contributed by atoms with Crippen molar-refractivity contribution in [1.82, 2.24) is 20.1 Å². The van der Waals surface area contributed by atoms with Gasteiger partial charge in [0.2, 0.25) is 5.89 Å². The van der Waals surface area contributed by atoms with E-state index in [1.165, 1.54) is 19.1 Å². The summed E-state index contributed by atoms with van der Waals surface area (Å²) in [6.07, 6.45) is 3.35. The van der Waals surface area contributed by atoms with Crippen molar-refractivity contribution in [2.24, 2.45) is 5.92 Å². The molecule has 0 bridgehead atoms. The molecule has 1 aliphatic carbocycles. The lowest BCUT2D eigenvalue weighted by molar-refractivity contribution is 0.000371. The van der Waals surface area contributed by atoms with E-state index in [-0.39, 0.29) is 5.91 Å². The number of β-amino-alcohol motifs (C(OH)–C–C–N with tert-alkyl or cyclic N) is 1. The van der Waals surface area contributed by atoms with Gasteiger partial charge in [-0.1, -0.05) is 30.3 Å². The molecule has 1 aliphatic heterocycles. The minimum atomic E-state index is -0.501. The Morgan fingerprint density at radius 2 is 1.94 bits per heavy atom. The number of aromatic nitrogens is 1. The standard InChI is InChI=1S/C23H32N4O4/c28-20(16-30-15-19-4-2-1-3-5-19)13-26-8-10-27(11-9-26)14-22-25-21(17-31-22)23(29)24-12-18-6-7-18/h1-5,17-18,20,28H,6-16H2,(H,24,29). The summed E-state index contributed by atoms with van der Waals surface area (Å²) in [5, 5.41) is 13.2. The summed E-state index contributed by atoms with van der Waals surface area (Å²) in [5.74, 6) is 1.05. The lowest BCUT2D eigenvalue weighted by Gasteiger charge is -2.34. The van der Waals surface area contributed by atoms with Crippen LogP contribution in [-0.4, -0.2) is 77.8 Å². The summed E-state index contributed by atoms with van der Waals surface area (Å²) >= 11 is 0. The highest BCUT2D eigenvalue weighted by atomic mass is 16.5. The normalized spacial score (nSPS) is 18.7. The first-order valence-corrected chi connectivity index (χ1v) is 11.1. The van der Waals surface area contributed by atoms with E-state index in [9.17, 15) is 9.90 Å². The Labute approximate surface area is 183 Å². The highest BCUT2D eigenvalue weighted by Gasteiger charge is 2.24. The number of hydrogen-bond acceptors (Lipinski definition) is 7. The van der Waals surface area contributed by atoms with Crippen LogP contribution in [0, 0.1) is 5.92 Å². The fraction of sp³-hybridized carbons (Fsp3) is 0.565. The largest absolute Gasteiger partial charge is 0.447 e. The predicted octanol–water partition coefficient (Wildman–Crippen LogP) is 1.51. The van der Waals surface area contributed by atoms with Crippen molar-refractivity contribution in [3.63, 3.8) is 0 Å². The molecule has 1 unspecified atom stereocenters. The van der Waals surface area contributed by atoms with Crippen molar-refractivity contribution < 1.29 is 19.1 Å². The van der Waals surface area contributed by atoms with Crippen LogP contribution in [0.3, 0.4) is 0 Å². The summed E-state index contributed by atoms with van der Waals surface area (Å²) in [6.45, 7) is 6.23. The topological polar surface area (TPSA) is 91.1 Å². The van der Waals surface area contributed by atoms with Gasteiger partial charge >= 0.3 is 0 Å². The van der Waals surface area contributed by atoms with E-state index in [0.29, 0.717) is 43.8 Å². The third-order valence-corrected chi connectivity index (χ3v) is 5.75. The number of aliphatic hydroxyl groups is 1. The number of ether oxygens (including phenoxy) is 1. The first-order valence-electron chi connectivity index (χ1n) is 11.1. The highest BCUT2D eigenvalue weighted by Crippen LogP contribution is 2.27. The van der Waals surface area contributed by atoms with E-state index in [2.05, 4.69) is 20.1 Å². The van der Waals surface area contributed by atoms with Gasteiger partial charge in [0.25, 0.3) is 5.91 Å². The van der Waals surface area contributed by atoms with Gasteiger partial charge in [-0.3, -0.25) is 14.6 Å². The van der Waals surface area contributed by atoms with E-state index < -0.39 is 6.10 Å². The summed E-state index contributed by atoms with van der Waals surface area (Å²) in [7, 11) is 0. The molecular formula is C23H32N4O4. The molecule has 0 radical (unpaired) electrons. The van der Waals surface area contributed by atoms with E-state index in [1.54, 1.807) is 0 Å². The highest BCUT2D eigenvalue weighted by molar-refractivity contribution is 5.91. The van der Waals surface area contributed by atoms with Crippen LogP contribution in [0.5, 0.6) is 0 Å². The van der Waals surface area contributed by atoms with E-state index in [4.69, 9.17) is 9.15 Å². The van der Waals surface area contributed by atoms with Gasteiger partial charge in [-0.15, -0.1) is 0 Å². The Bertz CT molecular complexity index is 816. The van der Waals surface area contributed by atoms with Gasteiger partial charge in [-0.25, -0.2) is 4.98 Å². The number of oxazole rings is 1. The number of benzene rings is 1. The molecule has 0 spiro atoms. The zero-order valence-corrected chi connectivity index (χ0v) is 17.9. The number of nitrogens with zero attached hydrogens (tertiary/aromatic N) is 3. The zero-order chi connectivity index (χ0) is 21.5. The fourth-order valence-electron chi connectivity index (χ4n) is 3.70. The van der Waals surface area contributed by atoms with Crippen LogP contribution in [0.2, 0.25) is 0 Å². The maximum absolute atomic E-state index is 12.1. The maximum Gasteiger partial charge on any atom is 0.273 e. The number of nitrogens with one attached hydrogen (secondary N) is 1. The summed E-state index contributed by atoms with van der Waals surface area (Å²) in [5.41, 5.74) is 1.46. The Balaban J connectivity index is 1.11. The van der Waals surface area contributed by atoms with Crippen LogP contribution in [0.4, 0.5) is 0 Å². The number of hydrogen-bond donors (Lipinski definition) is 2. The van der Waals surface area contributed by atoms with Crippen molar-refractivity contribution in [2.45, 2.75) is 32.1 Å². The van der Waals surface area contributed by atoms with Crippen molar-refractivity contribution in [3.8, 4) is 0 Å². The van der Waals surface area contributed by atoms with Gasteiger partial charge in [0.1, 0.15) is 6.26 Å². The summed E-state index contributed by atoms with van der Waals surface area (Å²) in [6, 6.07) is 9.98. The summed E-state index contributed by atoms with van der Waals surface area (Å²) in [4.78, 5) is 20.9. The van der Waals surface area contributed by atoms with Gasteiger partial charge in [-0.2, -0.15) is 0 Å². The Morgan fingerprint density at radius 3 is 2.68 bits per heavy atom. The lowest BCUT2D eigenvalue weighted by Crippen LogP contribution is -2.48. The molecule has 2 fully saturated rings. The number of amides is 1. The van der Waals surface area contributed by atoms with Crippen molar-refractivity contribution in [1.29, 1.82) is 0 Å². The van der Waals surface area contributed by atoms with Crippen LogP contribution in [0.15, 0.2) is 41.0 Å². The van der Waals surface area contributed by atoms with Crippen molar-refractivity contribution in [2.75, 3.05) is 45.9 Å². The second-order valence-corrected chi connectivity index (χ2v) is 8.51. The van der Waals surface area contributed by atoms with Gasteiger partial charge in [0.05, 0.1) is 25.9 Å². The van der Waals surface area contributed by atoms with Gasteiger partial charge in [0.15, 0.2) is 5.69 Å². The molecule has 1 saturated heterocycles. The van der Waals surface area contributed by atoms with Crippen LogP contribution in [-0.2, 0) is 17.9 Å². The van der Waals surface area contributed by atoms with Gasteiger partial charge in [-0.05, 0) is 24.3 Å². The number of piperazine rings is 1. The first-order chi connectivity index (χ1) is 15.2. The monoisotopic (exact) mass is 428 g/mol. The minimum absolute atomic E-state index is 0.157. The molecule has 31 heavy (non-hydrogen) atoms. The number of rotatable bonds is 11. The molecule has 2 heterocycles. The third kappa shape index (κ3) is 7.14. The number of carbonyl (C=O) groups excluding carboxylic acids is 1. The molecule has 2 aliphatic rings. The number of aliphatic hydroxyl groups excluding tert-OH is 1.